The first kappa shape index (κ1) is 18.7. The number of rotatable bonds is 5. The van der Waals surface area contributed by atoms with Crippen LogP contribution in [0.5, 0.6) is 0 Å². The predicted octanol–water partition coefficient (Wildman–Crippen LogP) is 1.77. The number of nitrogens with two attached hydrogens (primary N) is 1. The summed E-state index contributed by atoms with van der Waals surface area (Å²) in [5.41, 5.74) is 5.61. The lowest BCUT2D eigenvalue weighted by Gasteiger charge is -2.32. The summed E-state index contributed by atoms with van der Waals surface area (Å²) in [6, 6.07) is 0.381. The van der Waals surface area contributed by atoms with Crippen molar-refractivity contribution in [3.05, 3.63) is 0 Å². The molecule has 0 bridgehead atoms. The first-order valence-electron chi connectivity index (χ1n) is 7.08. The molecule has 0 radical (unpaired) electrons. The average Bonchev–Trinajstić information content (AvgIpc) is 2.69. The van der Waals surface area contributed by atoms with E-state index in [0.717, 1.165) is 25.9 Å². The van der Waals surface area contributed by atoms with E-state index in [1.54, 1.807) is 0 Å². The van der Waals surface area contributed by atoms with Gasteiger partial charge in [-0.1, -0.05) is 6.92 Å². The fourth-order valence-corrected chi connectivity index (χ4v) is 2.56. The predicted molar refractivity (Wildman–Crippen MR) is 82.6 cm³/mol. The minimum Gasteiger partial charge on any atom is -0.350 e. The molecule has 3 unspecified atom stereocenters. The molecule has 1 amide bonds. The van der Waals surface area contributed by atoms with Gasteiger partial charge in [-0.2, -0.15) is 0 Å². The van der Waals surface area contributed by atoms with E-state index in [-0.39, 0.29) is 29.9 Å². The standard InChI is InChI=1S/C14H29N3O.ClH/c1-6-14(4,5)16-13(18)11(3)17-9-12(8-15)7-10(17)2;/h10-12H,6-9,15H2,1-5H3,(H,16,18);1H. The minimum absolute atomic E-state index is 0. The molecular formula is C14H30ClN3O. The van der Waals surface area contributed by atoms with E-state index >= 15 is 0 Å². The van der Waals surface area contributed by atoms with Crippen molar-refractivity contribution in [3.63, 3.8) is 0 Å². The van der Waals surface area contributed by atoms with Gasteiger partial charge in [-0.25, -0.2) is 0 Å². The molecule has 0 aliphatic carbocycles. The number of likely N-dealkylation sites (tertiary alicyclic amines) is 1. The summed E-state index contributed by atoms with van der Waals surface area (Å²) in [5.74, 6) is 0.667. The summed E-state index contributed by atoms with van der Waals surface area (Å²) in [6.45, 7) is 12.1. The zero-order chi connectivity index (χ0) is 13.9. The van der Waals surface area contributed by atoms with Crippen molar-refractivity contribution in [2.75, 3.05) is 13.1 Å². The van der Waals surface area contributed by atoms with Crippen LogP contribution in [0.15, 0.2) is 0 Å². The topological polar surface area (TPSA) is 58.4 Å². The molecule has 0 aromatic rings. The quantitative estimate of drug-likeness (QED) is 0.812. The fraction of sp³-hybridized carbons (Fsp3) is 0.929. The molecule has 1 fully saturated rings. The monoisotopic (exact) mass is 291 g/mol. The van der Waals surface area contributed by atoms with E-state index in [4.69, 9.17) is 5.73 Å². The molecule has 1 saturated heterocycles. The molecule has 3 N–H and O–H groups in total. The highest BCUT2D eigenvalue weighted by Gasteiger charge is 2.35. The third kappa shape index (κ3) is 4.93. The Morgan fingerprint density at radius 2 is 2.11 bits per heavy atom. The van der Waals surface area contributed by atoms with Crippen LogP contribution in [0.4, 0.5) is 0 Å². The Morgan fingerprint density at radius 3 is 2.53 bits per heavy atom. The van der Waals surface area contributed by atoms with Crippen LogP contribution in [0.1, 0.15) is 47.5 Å². The Kier molecular flexibility index (Phi) is 7.33. The number of carbonyl (C=O) groups is 1. The molecule has 1 rings (SSSR count). The van der Waals surface area contributed by atoms with Gasteiger partial charge < -0.3 is 11.1 Å². The lowest BCUT2D eigenvalue weighted by atomic mass is 10.0. The van der Waals surface area contributed by atoms with Crippen LogP contribution >= 0.6 is 12.4 Å². The van der Waals surface area contributed by atoms with Gasteiger partial charge in [0, 0.05) is 18.1 Å². The Morgan fingerprint density at radius 1 is 1.53 bits per heavy atom. The molecule has 0 aromatic heterocycles. The van der Waals surface area contributed by atoms with Gasteiger partial charge in [-0.05, 0) is 53.0 Å². The van der Waals surface area contributed by atoms with Crippen LogP contribution in [-0.4, -0.2) is 41.5 Å². The van der Waals surface area contributed by atoms with Gasteiger partial charge in [0.05, 0.1) is 6.04 Å². The summed E-state index contributed by atoms with van der Waals surface area (Å²) in [6.07, 6.45) is 2.04. The maximum Gasteiger partial charge on any atom is 0.237 e. The minimum atomic E-state index is -0.123. The van der Waals surface area contributed by atoms with E-state index in [9.17, 15) is 4.79 Å². The van der Waals surface area contributed by atoms with Gasteiger partial charge in [0.1, 0.15) is 0 Å². The second-order valence-corrected chi connectivity index (χ2v) is 6.29. The summed E-state index contributed by atoms with van der Waals surface area (Å²) in [5, 5.41) is 3.12. The van der Waals surface area contributed by atoms with Crippen LogP contribution in [0.3, 0.4) is 0 Å². The van der Waals surface area contributed by atoms with E-state index in [2.05, 4.69) is 37.9 Å². The number of amides is 1. The summed E-state index contributed by atoms with van der Waals surface area (Å²) >= 11 is 0. The maximum absolute atomic E-state index is 12.3. The molecule has 5 heteroatoms. The summed E-state index contributed by atoms with van der Waals surface area (Å²) < 4.78 is 0. The molecule has 3 atom stereocenters. The van der Waals surface area contributed by atoms with Gasteiger partial charge in [0.25, 0.3) is 0 Å². The highest BCUT2D eigenvalue weighted by Crippen LogP contribution is 2.24. The van der Waals surface area contributed by atoms with Crippen molar-refractivity contribution in [1.29, 1.82) is 0 Å². The molecule has 1 heterocycles. The number of hydrogen-bond donors (Lipinski definition) is 2. The first-order valence-corrected chi connectivity index (χ1v) is 7.08. The fourth-order valence-electron chi connectivity index (χ4n) is 2.56. The number of nitrogens with one attached hydrogen (secondary N) is 1. The number of halogens is 1. The second kappa shape index (κ2) is 7.46. The van der Waals surface area contributed by atoms with Gasteiger partial charge in [-0.3, -0.25) is 9.69 Å². The summed E-state index contributed by atoms with van der Waals surface area (Å²) in [4.78, 5) is 14.5. The number of hydrogen-bond acceptors (Lipinski definition) is 3. The van der Waals surface area contributed by atoms with Crippen molar-refractivity contribution >= 4 is 18.3 Å². The molecule has 1 aliphatic rings. The smallest absolute Gasteiger partial charge is 0.237 e. The molecule has 1 aliphatic heterocycles. The van der Waals surface area contributed by atoms with E-state index in [0.29, 0.717) is 12.0 Å². The molecule has 19 heavy (non-hydrogen) atoms. The van der Waals surface area contributed by atoms with Crippen LogP contribution < -0.4 is 11.1 Å². The lowest BCUT2D eigenvalue weighted by Crippen LogP contribution is -2.52. The van der Waals surface area contributed by atoms with Gasteiger partial charge >= 0.3 is 0 Å². The lowest BCUT2D eigenvalue weighted by molar-refractivity contribution is -0.127. The van der Waals surface area contributed by atoms with Crippen LogP contribution in [-0.2, 0) is 4.79 Å². The number of carbonyl (C=O) groups excluding carboxylic acids is 1. The van der Waals surface area contributed by atoms with Crippen molar-refractivity contribution in [2.45, 2.75) is 65.1 Å². The van der Waals surface area contributed by atoms with Gasteiger partial charge in [0.15, 0.2) is 0 Å². The van der Waals surface area contributed by atoms with E-state index in [1.165, 1.54) is 0 Å². The summed E-state index contributed by atoms with van der Waals surface area (Å²) in [7, 11) is 0. The largest absolute Gasteiger partial charge is 0.350 e. The highest BCUT2D eigenvalue weighted by molar-refractivity contribution is 5.85. The Labute approximate surface area is 123 Å². The third-order valence-corrected chi connectivity index (χ3v) is 4.27. The Hall–Kier alpha value is -0.320. The Bertz CT molecular complexity index is 296. The van der Waals surface area contributed by atoms with Gasteiger partial charge in [-0.15, -0.1) is 12.4 Å². The van der Waals surface area contributed by atoms with E-state index in [1.807, 2.05) is 6.92 Å². The van der Waals surface area contributed by atoms with Crippen LogP contribution in [0, 0.1) is 5.92 Å². The highest BCUT2D eigenvalue weighted by atomic mass is 35.5. The maximum atomic E-state index is 12.3. The molecule has 0 saturated carbocycles. The normalized spacial score (nSPS) is 25.8. The van der Waals surface area contributed by atoms with Crippen molar-refractivity contribution in [3.8, 4) is 0 Å². The molecule has 0 spiro atoms. The average molecular weight is 292 g/mol. The molecular weight excluding hydrogens is 262 g/mol. The van der Waals surface area contributed by atoms with Gasteiger partial charge in [0.2, 0.25) is 5.91 Å². The zero-order valence-electron chi connectivity index (χ0n) is 12.9. The molecule has 0 aromatic carbocycles. The van der Waals surface area contributed by atoms with Crippen LogP contribution in [0.25, 0.3) is 0 Å². The van der Waals surface area contributed by atoms with Crippen LogP contribution in [0.2, 0.25) is 0 Å². The first-order chi connectivity index (χ1) is 8.30. The molecule has 4 nitrogen and oxygen atoms in total. The second-order valence-electron chi connectivity index (χ2n) is 6.29. The zero-order valence-corrected chi connectivity index (χ0v) is 13.7. The van der Waals surface area contributed by atoms with Crippen molar-refractivity contribution in [2.24, 2.45) is 11.7 Å². The van der Waals surface area contributed by atoms with E-state index < -0.39 is 0 Å². The SMILES string of the molecule is CCC(C)(C)NC(=O)C(C)N1CC(CN)CC1C.Cl. The number of nitrogens with zero attached hydrogens (tertiary/aromatic N) is 1. The van der Waals surface area contributed by atoms with Crippen molar-refractivity contribution in [1.82, 2.24) is 10.2 Å². The third-order valence-electron chi connectivity index (χ3n) is 4.27. The molecule has 114 valence electrons. The van der Waals surface area contributed by atoms with Crippen molar-refractivity contribution < 1.29 is 4.79 Å². The Balaban J connectivity index is 0.00000324.